The van der Waals surface area contributed by atoms with Crippen LogP contribution >= 0.6 is 0 Å². The van der Waals surface area contributed by atoms with Gasteiger partial charge in [-0.1, -0.05) is 98.3 Å². The predicted octanol–water partition coefficient (Wildman–Crippen LogP) is 7.79. The van der Waals surface area contributed by atoms with E-state index in [1.165, 1.54) is 115 Å². The molecule has 0 fully saturated rings. The topological polar surface area (TPSA) is 8.81 Å². The third-order valence-corrected chi connectivity index (χ3v) is 5.79. The average Bonchev–Trinajstić information content (AvgIpc) is 3.06. The van der Waals surface area contributed by atoms with Crippen molar-refractivity contribution in [2.45, 2.75) is 143 Å². The minimum absolute atomic E-state index is 0.610. The molecule has 0 saturated heterocycles. The van der Waals surface area contributed by atoms with Crippen LogP contribution in [0.4, 0.5) is 0 Å². The molecule has 0 unspecified atom stereocenters. The van der Waals surface area contributed by atoms with Crippen molar-refractivity contribution in [1.82, 2.24) is 4.57 Å². The molecular formula is C25H49N2+. The molecule has 0 saturated carbocycles. The lowest BCUT2D eigenvalue weighted by atomic mass is 10.1. The van der Waals surface area contributed by atoms with E-state index in [9.17, 15) is 0 Å². The lowest BCUT2D eigenvalue weighted by Crippen LogP contribution is -2.38. The van der Waals surface area contributed by atoms with Gasteiger partial charge in [0, 0.05) is 0 Å². The first-order valence-electron chi connectivity index (χ1n) is 12.3. The molecule has 0 N–H and O–H groups in total. The monoisotopic (exact) mass is 377 g/mol. The molecule has 0 radical (unpaired) electrons. The normalized spacial score (nSPS) is 11.6. The van der Waals surface area contributed by atoms with Gasteiger partial charge in [-0.2, -0.15) is 0 Å². The molecule has 2 nitrogen and oxygen atoms in total. The molecule has 0 aliphatic heterocycles. The number of hydrogen-bond donors (Lipinski definition) is 0. The molecule has 1 aromatic heterocycles. The molecule has 0 bridgehead atoms. The summed E-state index contributed by atoms with van der Waals surface area (Å²) in [6.45, 7) is 11.7. The molecule has 0 spiro atoms. The Balaban J connectivity index is 2.17. The van der Waals surface area contributed by atoms with Gasteiger partial charge in [0.25, 0.3) is 5.82 Å². The first-order chi connectivity index (χ1) is 13.2. The molecule has 2 heteroatoms. The lowest BCUT2D eigenvalue weighted by molar-refractivity contribution is -0.705. The summed E-state index contributed by atoms with van der Waals surface area (Å²) in [5, 5.41) is 0. The highest BCUT2D eigenvalue weighted by Gasteiger charge is 2.19. The molecule has 158 valence electrons. The standard InChI is InChI=1S/C25H49N2/c1-5-7-9-11-12-13-14-15-16-17-19-21-27-23-22-26(25(27)24(3)4)20-18-10-8-6-2/h22-24H,5-21H2,1-4H3/q+1. The first-order valence-corrected chi connectivity index (χ1v) is 12.3. The summed E-state index contributed by atoms with van der Waals surface area (Å²) < 4.78 is 5.04. The van der Waals surface area contributed by atoms with E-state index in [1.807, 2.05) is 0 Å². The maximum atomic E-state index is 2.53. The fourth-order valence-corrected chi connectivity index (χ4v) is 4.18. The van der Waals surface area contributed by atoms with Crippen molar-refractivity contribution in [2.75, 3.05) is 0 Å². The number of hydrogen-bond acceptors (Lipinski definition) is 0. The quantitative estimate of drug-likeness (QED) is 0.182. The van der Waals surface area contributed by atoms with Crippen LogP contribution in [0.2, 0.25) is 0 Å². The Bertz CT molecular complexity index is 447. The van der Waals surface area contributed by atoms with Crippen molar-refractivity contribution >= 4 is 0 Å². The fourth-order valence-electron chi connectivity index (χ4n) is 4.18. The van der Waals surface area contributed by atoms with Crippen LogP contribution in [0.15, 0.2) is 12.4 Å². The van der Waals surface area contributed by atoms with Crippen LogP contribution in [-0.2, 0) is 13.1 Å². The molecule has 0 aliphatic rings. The van der Waals surface area contributed by atoms with E-state index in [1.54, 1.807) is 0 Å². The van der Waals surface area contributed by atoms with Gasteiger partial charge in [-0.3, -0.25) is 0 Å². The molecule has 0 amide bonds. The third kappa shape index (κ3) is 11.0. The maximum absolute atomic E-state index is 2.53. The minimum Gasteiger partial charge on any atom is -0.234 e. The summed E-state index contributed by atoms with van der Waals surface area (Å²) in [4.78, 5) is 0. The summed E-state index contributed by atoms with van der Waals surface area (Å²) >= 11 is 0. The number of aromatic nitrogens is 2. The van der Waals surface area contributed by atoms with Crippen molar-refractivity contribution in [3.05, 3.63) is 18.2 Å². The second-order valence-corrected chi connectivity index (χ2v) is 8.79. The van der Waals surface area contributed by atoms with Crippen molar-refractivity contribution in [3.8, 4) is 0 Å². The van der Waals surface area contributed by atoms with E-state index in [2.05, 4.69) is 49.2 Å². The summed E-state index contributed by atoms with van der Waals surface area (Å²) in [6, 6.07) is 0. The van der Waals surface area contributed by atoms with E-state index in [-0.39, 0.29) is 0 Å². The summed E-state index contributed by atoms with van der Waals surface area (Å²) in [5.41, 5.74) is 0. The van der Waals surface area contributed by atoms with E-state index in [0.29, 0.717) is 5.92 Å². The van der Waals surface area contributed by atoms with Gasteiger partial charge in [0.15, 0.2) is 0 Å². The Kier molecular flexibility index (Phi) is 14.5. The molecule has 27 heavy (non-hydrogen) atoms. The minimum atomic E-state index is 0.610. The van der Waals surface area contributed by atoms with Crippen LogP contribution in [0.1, 0.15) is 136 Å². The van der Waals surface area contributed by atoms with Gasteiger partial charge in [0.05, 0.1) is 19.0 Å². The van der Waals surface area contributed by atoms with Crippen LogP contribution in [0.25, 0.3) is 0 Å². The molecular weight excluding hydrogens is 328 g/mol. The first kappa shape index (κ1) is 24.2. The van der Waals surface area contributed by atoms with Gasteiger partial charge in [-0.15, -0.1) is 0 Å². The number of rotatable bonds is 18. The number of aryl methyl sites for hydroxylation is 2. The van der Waals surface area contributed by atoms with E-state index < -0.39 is 0 Å². The zero-order valence-electron chi connectivity index (χ0n) is 19.1. The summed E-state index contributed by atoms with van der Waals surface area (Å²) in [7, 11) is 0. The predicted molar refractivity (Wildman–Crippen MR) is 119 cm³/mol. The molecule has 0 aliphatic carbocycles. The Morgan fingerprint density at radius 1 is 0.704 bits per heavy atom. The van der Waals surface area contributed by atoms with Gasteiger partial charge in [-0.05, 0) is 25.7 Å². The molecule has 0 atom stereocenters. The second kappa shape index (κ2) is 16.2. The van der Waals surface area contributed by atoms with Crippen LogP contribution in [0.3, 0.4) is 0 Å². The van der Waals surface area contributed by atoms with Gasteiger partial charge >= 0.3 is 0 Å². The molecule has 0 aromatic carbocycles. The SMILES string of the molecule is CCCCCCCCCCCCC[n+]1ccn(CCCCCC)c1C(C)C. The Morgan fingerprint density at radius 3 is 1.70 bits per heavy atom. The lowest BCUT2D eigenvalue weighted by Gasteiger charge is -2.08. The molecule has 1 aromatic rings. The fraction of sp³-hybridized carbons (Fsp3) is 0.880. The van der Waals surface area contributed by atoms with E-state index in [4.69, 9.17) is 0 Å². The van der Waals surface area contributed by atoms with Crippen molar-refractivity contribution < 1.29 is 4.57 Å². The van der Waals surface area contributed by atoms with Crippen LogP contribution in [0.5, 0.6) is 0 Å². The van der Waals surface area contributed by atoms with Gasteiger partial charge in [0.2, 0.25) is 0 Å². The van der Waals surface area contributed by atoms with Gasteiger partial charge in [0.1, 0.15) is 12.4 Å². The molecule has 1 heterocycles. The Hall–Kier alpha value is -0.790. The zero-order valence-corrected chi connectivity index (χ0v) is 19.1. The number of unbranched alkanes of at least 4 members (excludes halogenated alkanes) is 13. The van der Waals surface area contributed by atoms with E-state index in [0.717, 1.165) is 0 Å². The average molecular weight is 378 g/mol. The summed E-state index contributed by atoms with van der Waals surface area (Å²) in [6.07, 6.45) is 25.7. The van der Waals surface area contributed by atoms with Crippen LogP contribution < -0.4 is 4.57 Å². The van der Waals surface area contributed by atoms with Gasteiger partial charge < -0.3 is 0 Å². The molecule has 1 rings (SSSR count). The highest BCUT2D eigenvalue weighted by Crippen LogP contribution is 2.14. The van der Waals surface area contributed by atoms with E-state index >= 15 is 0 Å². The highest BCUT2D eigenvalue weighted by atomic mass is 15.1. The summed E-state index contributed by atoms with van der Waals surface area (Å²) in [5.74, 6) is 2.14. The smallest absolute Gasteiger partial charge is 0.234 e. The Morgan fingerprint density at radius 2 is 1.19 bits per heavy atom. The maximum Gasteiger partial charge on any atom is 0.258 e. The third-order valence-electron chi connectivity index (χ3n) is 5.79. The zero-order chi connectivity index (χ0) is 19.7. The van der Waals surface area contributed by atoms with Crippen molar-refractivity contribution in [1.29, 1.82) is 0 Å². The Labute approximate surface area is 170 Å². The van der Waals surface area contributed by atoms with Crippen LogP contribution in [-0.4, -0.2) is 4.57 Å². The van der Waals surface area contributed by atoms with Gasteiger partial charge in [-0.25, -0.2) is 9.13 Å². The largest absolute Gasteiger partial charge is 0.258 e. The van der Waals surface area contributed by atoms with Crippen molar-refractivity contribution in [3.63, 3.8) is 0 Å². The van der Waals surface area contributed by atoms with Crippen molar-refractivity contribution in [2.24, 2.45) is 0 Å². The number of imidazole rings is 1. The van der Waals surface area contributed by atoms with Crippen LogP contribution in [0, 0.1) is 0 Å². The highest BCUT2D eigenvalue weighted by molar-refractivity contribution is 4.89. The number of nitrogens with zero attached hydrogens (tertiary/aromatic N) is 2. The second-order valence-electron chi connectivity index (χ2n) is 8.79.